The zero-order valence-corrected chi connectivity index (χ0v) is 11.1. The molecule has 0 aliphatic heterocycles. The molecule has 2 rings (SSSR count). The Morgan fingerprint density at radius 3 is 2.65 bits per heavy atom. The van der Waals surface area contributed by atoms with Crippen molar-refractivity contribution in [1.82, 2.24) is 10.3 Å². The molecule has 0 unspecified atom stereocenters. The summed E-state index contributed by atoms with van der Waals surface area (Å²) in [5, 5.41) is 12.0. The topological polar surface area (TPSA) is 82.2 Å². The zero-order chi connectivity index (χ0) is 14.5. The van der Waals surface area contributed by atoms with Gasteiger partial charge in [-0.05, 0) is 12.5 Å². The van der Waals surface area contributed by atoms with Crippen molar-refractivity contribution in [3.8, 4) is 0 Å². The lowest BCUT2D eigenvalue weighted by Gasteiger charge is -2.16. The maximum Gasteiger partial charge on any atom is 0.257 e. The standard InChI is InChI=1S/C15H16N2O3/c1-10-7-14(19)12(8-16-10)15(20)17-13(9-18)11-5-3-2-4-6-11/h2-8,13,18H,9H2,1H3,(H,16,19)(H,17,20)/t13-/m0/s1. The molecule has 5 heteroatoms. The third-order valence-electron chi connectivity index (χ3n) is 2.99. The monoisotopic (exact) mass is 272 g/mol. The molecule has 20 heavy (non-hydrogen) atoms. The second-order valence-corrected chi connectivity index (χ2v) is 4.51. The van der Waals surface area contributed by atoms with Crippen molar-refractivity contribution in [3.63, 3.8) is 0 Å². The number of aromatic nitrogens is 1. The van der Waals surface area contributed by atoms with Crippen molar-refractivity contribution in [1.29, 1.82) is 0 Å². The van der Waals surface area contributed by atoms with Crippen LogP contribution in [0.3, 0.4) is 0 Å². The molecule has 0 aliphatic rings. The normalized spacial score (nSPS) is 11.9. The number of carbonyl (C=O) groups excluding carboxylic acids is 1. The molecule has 0 saturated heterocycles. The predicted octanol–water partition coefficient (Wildman–Crippen LogP) is 1.15. The van der Waals surface area contributed by atoms with Crippen LogP contribution in [0, 0.1) is 6.92 Å². The Labute approximate surface area is 116 Å². The van der Waals surface area contributed by atoms with E-state index in [1.165, 1.54) is 12.3 Å². The Balaban J connectivity index is 2.20. The zero-order valence-electron chi connectivity index (χ0n) is 11.1. The van der Waals surface area contributed by atoms with Gasteiger partial charge >= 0.3 is 0 Å². The van der Waals surface area contributed by atoms with Crippen molar-refractivity contribution < 1.29 is 9.90 Å². The Kier molecular flexibility index (Phi) is 4.32. The van der Waals surface area contributed by atoms with Crippen LogP contribution < -0.4 is 10.7 Å². The highest BCUT2D eigenvalue weighted by Crippen LogP contribution is 2.12. The van der Waals surface area contributed by atoms with Gasteiger partial charge in [-0.15, -0.1) is 0 Å². The number of hydrogen-bond donors (Lipinski definition) is 3. The van der Waals surface area contributed by atoms with E-state index in [0.717, 1.165) is 5.56 Å². The number of rotatable bonds is 4. The highest BCUT2D eigenvalue weighted by atomic mass is 16.3. The number of nitrogens with one attached hydrogen (secondary N) is 2. The molecule has 0 radical (unpaired) electrons. The third-order valence-corrected chi connectivity index (χ3v) is 2.99. The molecule has 0 fully saturated rings. The molecule has 0 saturated carbocycles. The van der Waals surface area contributed by atoms with E-state index < -0.39 is 11.9 Å². The lowest BCUT2D eigenvalue weighted by molar-refractivity contribution is 0.0914. The summed E-state index contributed by atoms with van der Waals surface area (Å²) in [5.41, 5.74) is 1.16. The van der Waals surface area contributed by atoms with Gasteiger partial charge in [0, 0.05) is 18.0 Å². The first-order chi connectivity index (χ1) is 9.61. The minimum absolute atomic E-state index is 0.0324. The number of aryl methyl sites for hydroxylation is 1. The largest absolute Gasteiger partial charge is 0.394 e. The molecule has 5 nitrogen and oxygen atoms in total. The highest BCUT2D eigenvalue weighted by molar-refractivity contribution is 5.94. The van der Waals surface area contributed by atoms with Crippen LogP contribution in [0.5, 0.6) is 0 Å². The summed E-state index contributed by atoms with van der Waals surface area (Å²) in [6, 6.07) is 9.94. The summed E-state index contributed by atoms with van der Waals surface area (Å²) in [6.45, 7) is 1.50. The van der Waals surface area contributed by atoms with Gasteiger partial charge in [0.05, 0.1) is 12.6 Å². The molecule has 104 valence electrons. The summed E-state index contributed by atoms with van der Waals surface area (Å²) in [4.78, 5) is 26.7. The van der Waals surface area contributed by atoms with Crippen LogP contribution in [0.4, 0.5) is 0 Å². The summed E-state index contributed by atoms with van der Waals surface area (Å²) >= 11 is 0. The first kappa shape index (κ1) is 14.0. The Morgan fingerprint density at radius 2 is 2.05 bits per heavy atom. The van der Waals surface area contributed by atoms with Gasteiger partial charge in [-0.3, -0.25) is 9.59 Å². The van der Waals surface area contributed by atoms with Gasteiger partial charge in [0.1, 0.15) is 5.56 Å². The fraction of sp³-hybridized carbons (Fsp3) is 0.200. The SMILES string of the molecule is Cc1cc(=O)c(C(=O)N[C@@H](CO)c2ccccc2)c[nH]1. The Hall–Kier alpha value is -2.40. The second-order valence-electron chi connectivity index (χ2n) is 4.51. The van der Waals surface area contributed by atoms with Crippen molar-refractivity contribution in [2.24, 2.45) is 0 Å². The van der Waals surface area contributed by atoms with Crippen LogP contribution in [-0.2, 0) is 0 Å². The van der Waals surface area contributed by atoms with Crippen LogP contribution in [0.25, 0.3) is 0 Å². The minimum atomic E-state index is -0.538. The van der Waals surface area contributed by atoms with E-state index in [1.54, 1.807) is 19.1 Å². The number of pyridine rings is 1. The molecule has 0 spiro atoms. The number of carbonyl (C=O) groups is 1. The number of amides is 1. The first-order valence-electron chi connectivity index (χ1n) is 6.28. The summed E-state index contributed by atoms with van der Waals surface area (Å²) < 4.78 is 0. The van der Waals surface area contributed by atoms with E-state index in [1.807, 2.05) is 18.2 Å². The number of aliphatic hydroxyl groups is 1. The molecule has 0 aliphatic carbocycles. The fourth-order valence-electron chi connectivity index (χ4n) is 1.91. The quantitative estimate of drug-likeness (QED) is 0.780. The van der Waals surface area contributed by atoms with Crippen LogP contribution >= 0.6 is 0 Å². The number of aromatic amines is 1. The lowest BCUT2D eigenvalue weighted by atomic mass is 10.1. The average molecular weight is 272 g/mol. The van der Waals surface area contributed by atoms with Gasteiger partial charge in [0.2, 0.25) is 0 Å². The molecule has 1 aromatic heterocycles. The Bertz CT molecular complexity index is 650. The first-order valence-corrected chi connectivity index (χ1v) is 6.28. The van der Waals surface area contributed by atoms with Crippen molar-refractivity contribution >= 4 is 5.91 Å². The van der Waals surface area contributed by atoms with Gasteiger partial charge in [0.25, 0.3) is 5.91 Å². The number of hydrogen-bond acceptors (Lipinski definition) is 3. The summed E-state index contributed by atoms with van der Waals surface area (Å²) in [6.07, 6.45) is 1.38. The Morgan fingerprint density at radius 1 is 1.35 bits per heavy atom. The number of aliphatic hydroxyl groups excluding tert-OH is 1. The lowest BCUT2D eigenvalue weighted by Crippen LogP contribution is -2.33. The molecule has 1 heterocycles. The third kappa shape index (κ3) is 3.13. The van der Waals surface area contributed by atoms with E-state index in [-0.39, 0.29) is 17.6 Å². The van der Waals surface area contributed by atoms with E-state index in [0.29, 0.717) is 5.69 Å². The molecular formula is C15H16N2O3. The molecular weight excluding hydrogens is 256 g/mol. The van der Waals surface area contributed by atoms with E-state index in [4.69, 9.17) is 0 Å². The molecule has 1 atom stereocenters. The van der Waals surface area contributed by atoms with Crippen molar-refractivity contribution in [2.45, 2.75) is 13.0 Å². The molecule has 2 aromatic rings. The summed E-state index contributed by atoms with van der Waals surface area (Å²) in [7, 11) is 0. The van der Waals surface area contributed by atoms with Gasteiger partial charge < -0.3 is 15.4 Å². The summed E-state index contributed by atoms with van der Waals surface area (Å²) in [5.74, 6) is -0.505. The second kappa shape index (κ2) is 6.16. The smallest absolute Gasteiger partial charge is 0.257 e. The molecule has 1 aromatic carbocycles. The number of H-pyrrole nitrogens is 1. The van der Waals surface area contributed by atoms with Gasteiger partial charge in [-0.2, -0.15) is 0 Å². The molecule has 3 N–H and O–H groups in total. The van der Waals surface area contributed by atoms with Crippen LogP contribution in [0.2, 0.25) is 0 Å². The molecule has 0 bridgehead atoms. The van der Waals surface area contributed by atoms with E-state index in [9.17, 15) is 14.7 Å². The highest BCUT2D eigenvalue weighted by Gasteiger charge is 2.16. The number of benzene rings is 1. The van der Waals surface area contributed by atoms with Crippen molar-refractivity contribution in [2.75, 3.05) is 6.61 Å². The van der Waals surface area contributed by atoms with Crippen molar-refractivity contribution in [3.05, 3.63) is 69.6 Å². The average Bonchev–Trinajstić information content (AvgIpc) is 2.45. The van der Waals surface area contributed by atoms with Crippen LogP contribution in [-0.4, -0.2) is 22.6 Å². The van der Waals surface area contributed by atoms with Crippen LogP contribution in [0.15, 0.2) is 47.4 Å². The van der Waals surface area contributed by atoms with Gasteiger partial charge in [-0.25, -0.2) is 0 Å². The fourth-order valence-corrected chi connectivity index (χ4v) is 1.91. The van der Waals surface area contributed by atoms with Gasteiger partial charge in [-0.1, -0.05) is 30.3 Å². The minimum Gasteiger partial charge on any atom is -0.394 e. The maximum atomic E-state index is 12.1. The van der Waals surface area contributed by atoms with Crippen LogP contribution in [0.1, 0.15) is 27.7 Å². The maximum absolute atomic E-state index is 12.1. The van der Waals surface area contributed by atoms with Gasteiger partial charge in [0.15, 0.2) is 5.43 Å². The van der Waals surface area contributed by atoms with E-state index >= 15 is 0 Å². The predicted molar refractivity (Wildman–Crippen MR) is 75.5 cm³/mol. The van der Waals surface area contributed by atoms with E-state index in [2.05, 4.69) is 10.3 Å². The molecule has 1 amide bonds.